The van der Waals surface area contributed by atoms with Crippen molar-refractivity contribution in [2.24, 2.45) is 0 Å². The predicted octanol–water partition coefficient (Wildman–Crippen LogP) is 1.10. The fourth-order valence-corrected chi connectivity index (χ4v) is 3.00. The number of carboxylic acid groups (broad SMARTS) is 1. The molecule has 136 valence electrons. The van der Waals surface area contributed by atoms with Crippen LogP contribution in [0.3, 0.4) is 0 Å². The third-order valence-electron chi connectivity index (χ3n) is 4.34. The quantitative estimate of drug-likeness (QED) is 0.588. The molecular weight excluding hydrogens is 336 g/mol. The molecule has 0 amide bonds. The number of imidazole rings is 1. The van der Waals surface area contributed by atoms with Crippen LogP contribution in [-0.2, 0) is 19.5 Å². The Kier molecular flexibility index (Phi) is 5.20. The number of aromatic nitrogens is 2. The molecule has 26 heavy (non-hydrogen) atoms. The Labute approximate surface area is 149 Å². The van der Waals surface area contributed by atoms with E-state index >= 15 is 0 Å². The highest BCUT2D eigenvalue weighted by Crippen LogP contribution is 2.17. The van der Waals surface area contributed by atoms with Gasteiger partial charge in [-0.2, -0.15) is 0 Å². The van der Waals surface area contributed by atoms with Gasteiger partial charge in [0.2, 0.25) is 0 Å². The average molecular weight is 356 g/mol. The van der Waals surface area contributed by atoms with Gasteiger partial charge < -0.3 is 15.3 Å². The molecule has 0 saturated heterocycles. The zero-order chi connectivity index (χ0) is 18.7. The number of aryl methyl sites for hydroxylation is 2. The molecule has 0 aliphatic heterocycles. The minimum absolute atomic E-state index is 0.0601. The van der Waals surface area contributed by atoms with E-state index < -0.39 is 18.7 Å². The highest BCUT2D eigenvalue weighted by Gasteiger charge is 2.17. The Hall–Kier alpha value is -2.90. The maximum absolute atomic E-state index is 12.8. The molecule has 7 heteroatoms. The molecular formula is C19H20N2O5. The molecule has 7 nitrogen and oxygen atoms in total. The van der Waals surface area contributed by atoms with Gasteiger partial charge in [-0.15, -0.1) is 0 Å². The van der Waals surface area contributed by atoms with E-state index in [0.717, 1.165) is 5.56 Å². The molecule has 1 heterocycles. The summed E-state index contributed by atoms with van der Waals surface area (Å²) in [6.45, 7) is -0.164. The first-order valence-electron chi connectivity index (χ1n) is 8.30. The van der Waals surface area contributed by atoms with Crippen molar-refractivity contribution in [1.82, 2.24) is 9.13 Å². The molecule has 1 aromatic heterocycles. The second kappa shape index (κ2) is 7.55. The third-order valence-corrected chi connectivity index (χ3v) is 4.34. The average Bonchev–Trinajstić information content (AvgIpc) is 2.91. The molecule has 0 bridgehead atoms. The summed E-state index contributed by atoms with van der Waals surface area (Å²) in [5, 5.41) is 28.1. The Morgan fingerprint density at radius 2 is 1.77 bits per heavy atom. The number of aromatic carboxylic acids is 1. The summed E-state index contributed by atoms with van der Waals surface area (Å²) in [5.41, 5.74) is 1.82. The van der Waals surface area contributed by atoms with E-state index in [4.69, 9.17) is 5.11 Å². The van der Waals surface area contributed by atoms with Crippen molar-refractivity contribution in [2.45, 2.75) is 25.6 Å². The fourth-order valence-electron chi connectivity index (χ4n) is 3.00. The van der Waals surface area contributed by atoms with E-state index in [9.17, 15) is 19.8 Å². The maximum Gasteiger partial charge on any atom is 0.335 e. The Balaban J connectivity index is 2.05. The zero-order valence-corrected chi connectivity index (χ0v) is 14.1. The van der Waals surface area contributed by atoms with E-state index in [1.54, 1.807) is 10.6 Å². The van der Waals surface area contributed by atoms with Crippen molar-refractivity contribution in [3.63, 3.8) is 0 Å². The van der Waals surface area contributed by atoms with Crippen LogP contribution in [0.1, 0.15) is 15.9 Å². The van der Waals surface area contributed by atoms with Gasteiger partial charge in [-0.05, 0) is 30.2 Å². The summed E-state index contributed by atoms with van der Waals surface area (Å²) in [5.74, 6) is -1.09. The number of nitrogens with zero attached hydrogens (tertiary/aromatic N) is 2. The van der Waals surface area contributed by atoms with Crippen LogP contribution in [0.5, 0.6) is 0 Å². The number of hydrogen-bond acceptors (Lipinski definition) is 4. The minimum Gasteiger partial charge on any atom is -0.478 e. The van der Waals surface area contributed by atoms with Crippen molar-refractivity contribution in [3.8, 4) is 0 Å². The first-order valence-corrected chi connectivity index (χ1v) is 8.30. The van der Waals surface area contributed by atoms with E-state index in [2.05, 4.69) is 0 Å². The first kappa shape index (κ1) is 17.9. The van der Waals surface area contributed by atoms with E-state index in [-0.39, 0.29) is 17.8 Å². The number of carboxylic acids is 1. The normalized spacial score (nSPS) is 12.4. The van der Waals surface area contributed by atoms with Gasteiger partial charge in [0, 0.05) is 6.54 Å². The smallest absolute Gasteiger partial charge is 0.335 e. The summed E-state index contributed by atoms with van der Waals surface area (Å²) < 4.78 is 2.88. The van der Waals surface area contributed by atoms with Gasteiger partial charge in [0.05, 0.1) is 35.9 Å². The van der Waals surface area contributed by atoms with Crippen LogP contribution in [0, 0.1) is 0 Å². The van der Waals surface area contributed by atoms with Crippen LogP contribution in [0.2, 0.25) is 0 Å². The number of aliphatic hydroxyl groups excluding tert-OH is 2. The second-order valence-corrected chi connectivity index (χ2v) is 6.13. The van der Waals surface area contributed by atoms with Gasteiger partial charge >= 0.3 is 11.7 Å². The number of aliphatic hydroxyl groups is 2. The highest BCUT2D eigenvalue weighted by molar-refractivity contribution is 5.92. The van der Waals surface area contributed by atoms with E-state index in [0.29, 0.717) is 24.0 Å². The van der Waals surface area contributed by atoms with Gasteiger partial charge in [0.15, 0.2) is 0 Å². The lowest BCUT2D eigenvalue weighted by Crippen LogP contribution is -2.30. The van der Waals surface area contributed by atoms with Gasteiger partial charge in [-0.3, -0.25) is 9.13 Å². The topological polar surface area (TPSA) is 105 Å². The summed E-state index contributed by atoms with van der Waals surface area (Å²) in [4.78, 5) is 24.1. The van der Waals surface area contributed by atoms with Crippen LogP contribution in [0.25, 0.3) is 11.0 Å². The molecule has 3 aromatic rings. The number of carbonyl (C=O) groups is 1. The Morgan fingerprint density at radius 1 is 1.04 bits per heavy atom. The Bertz CT molecular complexity index is 975. The molecule has 0 unspecified atom stereocenters. The largest absolute Gasteiger partial charge is 0.478 e. The monoisotopic (exact) mass is 356 g/mol. The lowest BCUT2D eigenvalue weighted by atomic mass is 10.1. The van der Waals surface area contributed by atoms with Crippen LogP contribution in [0.15, 0.2) is 53.3 Å². The van der Waals surface area contributed by atoms with Crippen LogP contribution in [-0.4, -0.2) is 43.1 Å². The van der Waals surface area contributed by atoms with Gasteiger partial charge in [0.1, 0.15) is 0 Å². The molecule has 0 saturated carbocycles. The first-order chi connectivity index (χ1) is 12.5. The number of fused-ring (bicyclic) bond motifs is 1. The van der Waals surface area contributed by atoms with Crippen LogP contribution < -0.4 is 5.69 Å². The Morgan fingerprint density at radius 3 is 2.42 bits per heavy atom. The number of hydrogen-bond donors (Lipinski definition) is 3. The van der Waals surface area contributed by atoms with Crippen molar-refractivity contribution < 1.29 is 20.1 Å². The summed E-state index contributed by atoms with van der Waals surface area (Å²) in [6, 6.07) is 14.2. The summed E-state index contributed by atoms with van der Waals surface area (Å²) >= 11 is 0. The number of benzene rings is 2. The number of rotatable bonds is 7. The van der Waals surface area contributed by atoms with Gasteiger partial charge in [0.25, 0.3) is 0 Å². The maximum atomic E-state index is 12.8. The van der Waals surface area contributed by atoms with E-state index in [1.807, 2.05) is 30.3 Å². The SMILES string of the molecule is O=C(O)c1ccc2c(c1)n(C[C@@H](O)CO)c(=O)n2CCc1ccccc1. The summed E-state index contributed by atoms with van der Waals surface area (Å²) in [6.07, 6.45) is -0.460. The molecule has 1 atom stereocenters. The molecule has 0 radical (unpaired) electrons. The van der Waals surface area contributed by atoms with Crippen molar-refractivity contribution in [3.05, 3.63) is 70.1 Å². The van der Waals surface area contributed by atoms with Crippen LogP contribution >= 0.6 is 0 Å². The molecule has 2 aromatic carbocycles. The van der Waals surface area contributed by atoms with Crippen molar-refractivity contribution >= 4 is 17.0 Å². The fraction of sp³-hybridized carbons (Fsp3) is 0.263. The van der Waals surface area contributed by atoms with Crippen molar-refractivity contribution in [2.75, 3.05) is 6.61 Å². The third kappa shape index (κ3) is 3.54. The van der Waals surface area contributed by atoms with Crippen LogP contribution in [0.4, 0.5) is 0 Å². The standard InChI is InChI=1S/C19H20N2O5/c22-12-15(23)11-21-17-10-14(18(24)25)6-7-16(17)20(19(21)26)9-8-13-4-2-1-3-5-13/h1-7,10,15,22-23H,8-9,11-12H2,(H,24,25)/t15-/m1/s1. The lowest BCUT2D eigenvalue weighted by molar-refractivity contribution is 0.0697. The van der Waals surface area contributed by atoms with E-state index in [1.165, 1.54) is 16.7 Å². The molecule has 3 rings (SSSR count). The molecule has 0 aliphatic rings. The molecule has 0 aliphatic carbocycles. The summed E-state index contributed by atoms with van der Waals surface area (Å²) in [7, 11) is 0. The molecule has 0 fully saturated rings. The lowest BCUT2D eigenvalue weighted by Gasteiger charge is -2.08. The van der Waals surface area contributed by atoms with Gasteiger partial charge in [-0.1, -0.05) is 30.3 Å². The molecule has 0 spiro atoms. The van der Waals surface area contributed by atoms with Crippen molar-refractivity contribution in [1.29, 1.82) is 0 Å². The zero-order valence-electron chi connectivity index (χ0n) is 14.1. The highest BCUT2D eigenvalue weighted by atomic mass is 16.4. The van der Waals surface area contributed by atoms with Gasteiger partial charge in [-0.25, -0.2) is 9.59 Å². The molecule has 3 N–H and O–H groups in total. The predicted molar refractivity (Wildman–Crippen MR) is 96.4 cm³/mol. The minimum atomic E-state index is -1.10. The second-order valence-electron chi connectivity index (χ2n) is 6.13.